The van der Waals surface area contributed by atoms with E-state index in [0.29, 0.717) is 0 Å². The highest BCUT2D eigenvalue weighted by atomic mass is 32.1. The van der Waals surface area contributed by atoms with E-state index in [-0.39, 0.29) is 10.2 Å². The average Bonchev–Trinajstić information content (AvgIpc) is 2.29. The van der Waals surface area contributed by atoms with Gasteiger partial charge in [0.25, 0.3) is 5.91 Å². The summed E-state index contributed by atoms with van der Waals surface area (Å²) < 4.78 is 0.203. The van der Waals surface area contributed by atoms with Gasteiger partial charge >= 0.3 is 0 Å². The van der Waals surface area contributed by atoms with Gasteiger partial charge in [0.1, 0.15) is 4.67 Å². The molecule has 0 spiro atoms. The van der Waals surface area contributed by atoms with Crippen molar-refractivity contribution in [2.24, 2.45) is 5.73 Å². The zero-order valence-corrected chi connectivity index (χ0v) is 9.25. The average molecular weight is 230 g/mol. The monoisotopic (exact) mass is 230 g/mol. The van der Waals surface area contributed by atoms with E-state index in [0.717, 1.165) is 10.4 Å². The van der Waals surface area contributed by atoms with Crippen LogP contribution in [0.5, 0.6) is 0 Å². The molecule has 3 nitrogen and oxygen atoms in total. The second-order valence-electron chi connectivity index (χ2n) is 3.27. The first-order valence-corrected chi connectivity index (χ1v) is 5.54. The molecule has 0 aliphatic rings. The lowest BCUT2D eigenvalue weighted by molar-refractivity contribution is 0.0999. The first-order valence-electron chi connectivity index (χ1n) is 4.72. The number of hydrogen-bond acceptors (Lipinski definition) is 3. The topological polar surface area (TPSA) is 66.9 Å². The number of benzene rings is 1. The van der Waals surface area contributed by atoms with Gasteiger partial charge in [0.05, 0.1) is 5.56 Å². The highest BCUT2D eigenvalue weighted by Gasteiger charge is 2.05. The minimum absolute atomic E-state index is 0.203. The molecule has 0 saturated heterocycles. The number of primary amides is 1. The fraction of sp³-hybridized carbons (Fsp3) is 0. The molecule has 16 heavy (non-hydrogen) atoms. The number of carbonyl (C=O) groups excluding carboxylic acids is 1. The van der Waals surface area contributed by atoms with Gasteiger partial charge < -0.3 is 5.73 Å². The van der Waals surface area contributed by atoms with Crippen LogP contribution in [-0.2, 0) is 0 Å². The molecule has 4 heteroatoms. The molecule has 0 radical (unpaired) electrons. The van der Waals surface area contributed by atoms with Crippen LogP contribution in [0.4, 0.5) is 0 Å². The Bertz CT molecular complexity index is 575. The van der Waals surface area contributed by atoms with Crippen molar-refractivity contribution >= 4 is 17.2 Å². The van der Waals surface area contributed by atoms with Crippen LogP contribution in [0.1, 0.15) is 10.4 Å². The number of rotatable bonds is 2. The molecule has 0 aliphatic heterocycles. The van der Waals surface area contributed by atoms with Crippen LogP contribution >= 0.6 is 11.3 Å². The van der Waals surface area contributed by atoms with E-state index in [4.69, 9.17) is 11.1 Å². The van der Waals surface area contributed by atoms with E-state index in [1.807, 2.05) is 36.4 Å². The lowest BCUT2D eigenvalue weighted by Crippen LogP contribution is -2.19. The Labute approximate surface area is 96.7 Å². The summed E-state index contributed by atoms with van der Waals surface area (Å²) in [6, 6.07) is 13.2. The normalized spacial score (nSPS) is 10.0. The Hall–Kier alpha value is -1.94. The maximum Gasteiger partial charge on any atom is 0.251 e. The number of hydrogen-bond donors (Lipinski definition) is 2. The smallest absolute Gasteiger partial charge is 0.251 e. The molecule has 2 aromatic rings. The lowest BCUT2D eigenvalue weighted by atomic mass is 10.2. The summed E-state index contributed by atoms with van der Waals surface area (Å²) in [7, 11) is 0. The van der Waals surface area contributed by atoms with E-state index in [2.05, 4.69) is 0 Å². The number of nitrogens with one attached hydrogen (secondary N) is 1. The third kappa shape index (κ3) is 2.01. The van der Waals surface area contributed by atoms with Gasteiger partial charge in [-0.1, -0.05) is 30.3 Å². The predicted octanol–water partition coefficient (Wildman–Crippen LogP) is 1.99. The second kappa shape index (κ2) is 4.28. The standard InChI is InChI=1S/C12H10N2OS/c13-11(15)9-6-7-10(16-12(9)14)8-4-2-1-3-5-8/h1-7,14H,(H2,13,15). The summed E-state index contributed by atoms with van der Waals surface area (Å²) in [5.74, 6) is -0.555. The maximum atomic E-state index is 11.0. The van der Waals surface area contributed by atoms with Crippen LogP contribution in [0.25, 0.3) is 10.4 Å². The summed E-state index contributed by atoms with van der Waals surface area (Å²) in [6.07, 6.45) is 0. The van der Waals surface area contributed by atoms with Crippen LogP contribution in [0.3, 0.4) is 0 Å². The van der Waals surface area contributed by atoms with Crippen molar-refractivity contribution in [3.63, 3.8) is 0 Å². The summed E-state index contributed by atoms with van der Waals surface area (Å²) >= 11 is 1.25. The minimum Gasteiger partial charge on any atom is -0.366 e. The lowest BCUT2D eigenvalue weighted by Gasteiger charge is -2.01. The fourth-order valence-electron chi connectivity index (χ4n) is 1.39. The summed E-state index contributed by atoms with van der Waals surface area (Å²) in [5, 5.41) is 7.71. The van der Waals surface area contributed by atoms with Crippen LogP contribution < -0.4 is 10.4 Å². The van der Waals surface area contributed by atoms with Gasteiger partial charge in [-0.2, -0.15) is 0 Å². The molecule has 80 valence electrons. The SMILES string of the molecule is N=c1sc(-c2ccccc2)ccc1C(N)=O. The first kappa shape index (κ1) is 10.6. The molecule has 2 rings (SSSR count). The van der Waals surface area contributed by atoms with Gasteiger partial charge in [0.2, 0.25) is 0 Å². The number of nitrogens with two attached hydrogens (primary N) is 1. The van der Waals surface area contributed by atoms with E-state index >= 15 is 0 Å². The summed E-state index contributed by atoms with van der Waals surface area (Å²) in [4.78, 5) is 11.9. The van der Waals surface area contributed by atoms with Crippen molar-refractivity contribution in [3.05, 3.63) is 52.7 Å². The summed E-state index contributed by atoms with van der Waals surface area (Å²) in [6.45, 7) is 0. The van der Waals surface area contributed by atoms with Gasteiger partial charge in [0.15, 0.2) is 0 Å². The van der Waals surface area contributed by atoms with E-state index in [9.17, 15) is 4.79 Å². The third-order valence-electron chi connectivity index (χ3n) is 2.18. The minimum atomic E-state index is -0.555. The van der Waals surface area contributed by atoms with E-state index < -0.39 is 5.91 Å². The van der Waals surface area contributed by atoms with Crippen molar-refractivity contribution in [2.75, 3.05) is 0 Å². The zero-order chi connectivity index (χ0) is 11.5. The van der Waals surface area contributed by atoms with Crippen molar-refractivity contribution in [3.8, 4) is 10.4 Å². The Morgan fingerprint density at radius 3 is 2.38 bits per heavy atom. The van der Waals surface area contributed by atoms with Crippen LogP contribution in [0.15, 0.2) is 42.5 Å². The molecule has 0 atom stereocenters. The molecule has 1 aromatic carbocycles. The van der Waals surface area contributed by atoms with Gasteiger partial charge in [0, 0.05) is 4.88 Å². The Balaban J connectivity index is 2.51. The third-order valence-corrected chi connectivity index (χ3v) is 3.20. The van der Waals surface area contributed by atoms with Gasteiger partial charge in [-0.25, -0.2) is 0 Å². The molecule has 1 aromatic heterocycles. The second-order valence-corrected chi connectivity index (χ2v) is 4.32. The largest absolute Gasteiger partial charge is 0.366 e. The number of amides is 1. The Morgan fingerprint density at radius 2 is 1.81 bits per heavy atom. The van der Waals surface area contributed by atoms with E-state index in [1.165, 1.54) is 11.3 Å². The molecule has 0 unspecified atom stereocenters. The molecule has 0 saturated carbocycles. The number of carbonyl (C=O) groups is 1. The molecule has 1 amide bonds. The molecule has 0 fully saturated rings. The first-order chi connectivity index (χ1) is 7.68. The molecule has 0 aliphatic carbocycles. The van der Waals surface area contributed by atoms with Gasteiger partial charge in [-0.15, -0.1) is 11.3 Å². The molecule has 0 bridgehead atoms. The predicted molar refractivity (Wildman–Crippen MR) is 64.1 cm³/mol. The fourth-order valence-corrected chi connectivity index (χ4v) is 2.27. The Morgan fingerprint density at radius 1 is 1.12 bits per heavy atom. The van der Waals surface area contributed by atoms with Gasteiger partial charge in [-0.3, -0.25) is 10.2 Å². The zero-order valence-electron chi connectivity index (χ0n) is 8.44. The Kier molecular flexibility index (Phi) is 2.83. The molecule has 1 heterocycles. The maximum absolute atomic E-state index is 11.0. The van der Waals surface area contributed by atoms with Crippen LogP contribution in [-0.4, -0.2) is 5.91 Å². The molecular weight excluding hydrogens is 220 g/mol. The van der Waals surface area contributed by atoms with Crippen molar-refractivity contribution in [1.29, 1.82) is 5.41 Å². The van der Waals surface area contributed by atoms with Gasteiger partial charge in [-0.05, 0) is 17.7 Å². The van der Waals surface area contributed by atoms with Crippen molar-refractivity contribution < 1.29 is 4.79 Å². The van der Waals surface area contributed by atoms with Crippen LogP contribution in [0, 0.1) is 5.41 Å². The molecular formula is C12H10N2OS. The van der Waals surface area contributed by atoms with Crippen molar-refractivity contribution in [1.82, 2.24) is 0 Å². The highest BCUT2D eigenvalue weighted by Crippen LogP contribution is 2.21. The summed E-state index contributed by atoms with van der Waals surface area (Å²) in [5.41, 5.74) is 6.46. The highest BCUT2D eigenvalue weighted by molar-refractivity contribution is 7.12. The molecule has 3 N–H and O–H groups in total. The van der Waals surface area contributed by atoms with Crippen LogP contribution in [0.2, 0.25) is 0 Å². The van der Waals surface area contributed by atoms with E-state index in [1.54, 1.807) is 6.07 Å². The quantitative estimate of drug-likeness (QED) is 0.814. The van der Waals surface area contributed by atoms with Crippen molar-refractivity contribution in [2.45, 2.75) is 0 Å².